The van der Waals surface area contributed by atoms with Crippen LogP contribution in [0, 0.1) is 11.8 Å². The highest BCUT2D eigenvalue weighted by Gasteiger charge is 2.25. The molecule has 1 aliphatic carbocycles. The van der Waals surface area contributed by atoms with Crippen molar-refractivity contribution >= 4 is 6.09 Å². The normalized spacial score (nSPS) is 26.4. The summed E-state index contributed by atoms with van der Waals surface area (Å²) in [6, 6.07) is 0. The van der Waals surface area contributed by atoms with E-state index in [2.05, 4.69) is 19.2 Å². The molecular formula is C12H25NO2. The van der Waals surface area contributed by atoms with Crippen LogP contribution in [0.15, 0.2) is 0 Å². The van der Waals surface area contributed by atoms with Gasteiger partial charge in [-0.3, -0.25) is 0 Å². The van der Waals surface area contributed by atoms with Crippen LogP contribution in [0.1, 0.15) is 47.9 Å². The molecule has 0 heterocycles. The zero-order valence-electron chi connectivity index (χ0n) is 10.1. The Morgan fingerprint density at radius 3 is 2.47 bits per heavy atom. The van der Waals surface area contributed by atoms with E-state index >= 15 is 0 Å². The van der Waals surface area contributed by atoms with Crippen LogP contribution in [0.25, 0.3) is 0 Å². The Morgan fingerprint density at radius 1 is 1.40 bits per heavy atom. The van der Waals surface area contributed by atoms with Crippen molar-refractivity contribution in [2.75, 3.05) is 6.54 Å². The van der Waals surface area contributed by atoms with Gasteiger partial charge in [-0.2, -0.15) is 0 Å². The average Bonchev–Trinajstić information content (AvgIpc) is 2.18. The van der Waals surface area contributed by atoms with E-state index in [4.69, 9.17) is 4.74 Å². The first-order valence-electron chi connectivity index (χ1n) is 6.08. The predicted molar refractivity (Wildman–Crippen MR) is 62.9 cm³/mol. The van der Waals surface area contributed by atoms with Crippen molar-refractivity contribution in [1.82, 2.24) is 5.32 Å². The molecule has 0 aromatic heterocycles. The first kappa shape index (κ1) is 12.3. The molecule has 1 fully saturated rings. The molecule has 0 radical (unpaired) electrons. The molecule has 1 rings (SSSR count). The summed E-state index contributed by atoms with van der Waals surface area (Å²) in [6.45, 7) is 7.09. The highest BCUT2D eigenvalue weighted by atomic mass is 16.6. The lowest BCUT2D eigenvalue weighted by atomic mass is 9.80. The van der Waals surface area contributed by atoms with E-state index in [1.807, 2.05) is 6.92 Å². The van der Waals surface area contributed by atoms with Gasteiger partial charge < -0.3 is 10.1 Å². The van der Waals surface area contributed by atoms with Crippen molar-refractivity contribution in [2.24, 2.45) is 11.8 Å². The molecule has 1 N–H and O–H groups in total. The lowest BCUT2D eigenvalue weighted by Crippen LogP contribution is -2.31. The Morgan fingerprint density at radius 2 is 2.00 bits per heavy atom. The molecule has 0 spiro atoms. The van der Waals surface area contributed by atoms with Crippen molar-refractivity contribution < 1.29 is 11.0 Å². The Kier molecular flexibility index (Phi) is 4.92. The molecule has 0 aromatic carbocycles. The summed E-state index contributed by atoms with van der Waals surface area (Å²) in [5.74, 6) is 1.58. The van der Waals surface area contributed by atoms with Gasteiger partial charge in [-0.15, -0.1) is 0 Å². The van der Waals surface area contributed by atoms with Crippen molar-refractivity contribution in [3.8, 4) is 0 Å². The second-order valence-corrected chi connectivity index (χ2v) is 4.72. The largest absolute Gasteiger partial charge is 0.446 e. The number of ether oxygens (including phenoxy) is 1. The maximum absolute atomic E-state index is 11.2. The fourth-order valence-corrected chi connectivity index (χ4v) is 2.21. The molecule has 1 aliphatic rings. The fraction of sp³-hybridized carbons (Fsp3) is 0.917. The van der Waals surface area contributed by atoms with Crippen molar-refractivity contribution in [1.29, 1.82) is 0 Å². The van der Waals surface area contributed by atoms with Crippen LogP contribution in [-0.4, -0.2) is 18.7 Å². The summed E-state index contributed by atoms with van der Waals surface area (Å²) in [5.41, 5.74) is 0. The predicted octanol–water partition coefficient (Wildman–Crippen LogP) is 3.19. The summed E-state index contributed by atoms with van der Waals surface area (Å²) >= 11 is 0. The minimum atomic E-state index is -0.259. The highest BCUT2D eigenvalue weighted by Crippen LogP contribution is 2.31. The van der Waals surface area contributed by atoms with Crippen LogP contribution < -0.4 is 5.32 Å². The lowest BCUT2D eigenvalue weighted by Gasteiger charge is -2.30. The van der Waals surface area contributed by atoms with Gasteiger partial charge >= 0.3 is 6.09 Å². The zero-order chi connectivity index (χ0) is 11.3. The van der Waals surface area contributed by atoms with E-state index in [-0.39, 0.29) is 13.6 Å². The van der Waals surface area contributed by atoms with E-state index in [1.54, 1.807) is 0 Å². The zero-order valence-corrected chi connectivity index (χ0v) is 10.1. The molecule has 0 aliphatic heterocycles. The molecule has 1 amide bonds. The number of amides is 1. The third kappa shape index (κ3) is 4.10. The topological polar surface area (TPSA) is 38.3 Å². The molecule has 0 saturated heterocycles. The molecule has 1 saturated carbocycles. The monoisotopic (exact) mass is 215 g/mol. The van der Waals surface area contributed by atoms with Crippen LogP contribution in [0.2, 0.25) is 0 Å². The van der Waals surface area contributed by atoms with Crippen molar-refractivity contribution in [3.05, 3.63) is 0 Å². The van der Waals surface area contributed by atoms with Gasteiger partial charge in [-0.1, -0.05) is 13.8 Å². The number of carbonyl (C=O) groups is 1. The second-order valence-electron chi connectivity index (χ2n) is 4.72. The third-order valence-electron chi connectivity index (χ3n) is 3.26. The second kappa shape index (κ2) is 5.99. The minimum absolute atomic E-state index is 0. The molecule has 0 bridgehead atoms. The van der Waals surface area contributed by atoms with Gasteiger partial charge in [0.05, 0.1) is 0 Å². The molecular weight excluding hydrogens is 190 g/mol. The first-order chi connectivity index (χ1) is 7.13. The number of rotatable bonds is 3. The van der Waals surface area contributed by atoms with Gasteiger partial charge in [0.1, 0.15) is 6.10 Å². The summed E-state index contributed by atoms with van der Waals surface area (Å²) in [6.07, 6.45) is 4.33. The van der Waals surface area contributed by atoms with E-state index in [0.29, 0.717) is 6.54 Å². The summed E-state index contributed by atoms with van der Waals surface area (Å²) in [7, 11) is 0. The van der Waals surface area contributed by atoms with E-state index in [0.717, 1.165) is 24.7 Å². The summed E-state index contributed by atoms with van der Waals surface area (Å²) in [4.78, 5) is 11.2. The lowest BCUT2D eigenvalue weighted by molar-refractivity contribution is 0.0585. The first-order valence-corrected chi connectivity index (χ1v) is 6.08. The Hall–Kier alpha value is -0.730. The molecule has 3 nitrogen and oxygen atoms in total. The Balaban J connectivity index is 0.00000225. The van der Waals surface area contributed by atoms with Gasteiger partial charge in [-0.05, 0) is 44.4 Å². The molecule has 90 valence electrons. The van der Waals surface area contributed by atoms with Gasteiger partial charge in [0, 0.05) is 7.97 Å². The van der Waals surface area contributed by atoms with Gasteiger partial charge in [0.2, 0.25) is 0 Å². The van der Waals surface area contributed by atoms with Gasteiger partial charge in [0.15, 0.2) is 0 Å². The number of carbonyl (C=O) groups excluding carboxylic acids is 1. The maximum atomic E-state index is 11.2. The van der Waals surface area contributed by atoms with Crippen LogP contribution in [-0.2, 0) is 4.74 Å². The number of alkyl carbamates (subject to hydrolysis) is 1. The molecule has 0 unspecified atom stereocenters. The van der Waals surface area contributed by atoms with Gasteiger partial charge in [-0.25, -0.2) is 4.79 Å². The quantitative estimate of drug-likeness (QED) is 0.785. The Bertz CT molecular complexity index is 201. The van der Waals surface area contributed by atoms with Crippen molar-refractivity contribution in [3.63, 3.8) is 0 Å². The molecule has 3 heteroatoms. The third-order valence-corrected chi connectivity index (χ3v) is 3.26. The molecule has 15 heavy (non-hydrogen) atoms. The SMILES string of the molecule is CCNC(=O)OC1CCC(C(C)C)CC1.[HH]. The van der Waals surface area contributed by atoms with Crippen LogP contribution in [0.5, 0.6) is 0 Å². The average molecular weight is 215 g/mol. The minimum Gasteiger partial charge on any atom is -0.446 e. The van der Waals surface area contributed by atoms with Gasteiger partial charge in [0.25, 0.3) is 0 Å². The van der Waals surface area contributed by atoms with E-state index in [1.165, 1.54) is 12.8 Å². The number of hydrogen-bond acceptors (Lipinski definition) is 2. The molecule has 0 aromatic rings. The Labute approximate surface area is 94.1 Å². The number of nitrogens with one attached hydrogen (secondary N) is 1. The number of hydrogen-bond donors (Lipinski definition) is 1. The standard InChI is InChI=1S/C12H23NO2.H2/c1-4-13-12(14)15-11-7-5-10(6-8-11)9(2)3;/h9-11H,4-8H2,1-3H3,(H,13,14);1H. The highest BCUT2D eigenvalue weighted by molar-refractivity contribution is 5.67. The smallest absolute Gasteiger partial charge is 0.407 e. The van der Waals surface area contributed by atoms with E-state index < -0.39 is 0 Å². The van der Waals surface area contributed by atoms with Crippen molar-refractivity contribution in [2.45, 2.75) is 52.6 Å². The van der Waals surface area contributed by atoms with Crippen LogP contribution >= 0.6 is 0 Å². The maximum Gasteiger partial charge on any atom is 0.407 e. The fourth-order valence-electron chi connectivity index (χ4n) is 2.21. The van der Waals surface area contributed by atoms with Crippen LogP contribution in [0.4, 0.5) is 4.79 Å². The summed E-state index contributed by atoms with van der Waals surface area (Å²) in [5, 5.41) is 2.67. The molecule has 0 atom stereocenters. The van der Waals surface area contributed by atoms with Crippen LogP contribution in [0.3, 0.4) is 0 Å². The van der Waals surface area contributed by atoms with E-state index in [9.17, 15) is 4.79 Å². The summed E-state index contributed by atoms with van der Waals surface area (Å²) < 4.78 is 5.31.